The van der Waals surface area contributed by atoms with Gasteiger partial charge in [-0.2, -0.15) is 0 Å². The van der Waals surface area contributed by atoms with E-state index in [1.165, 1.54) is 18.1 Å². The van der Waals surface area contributed by atoms with E-state index in [-0.39, 0.29) is 17.4 Å². The minimum atomic E-state index is -3.01. The highest BCUT2D eigenvalue weighted by Gasteiger charge is 2.49. The maximum Gasteiger partial charge on any atom is 0.331 e. The molecule has 6 heteroatoms. The predicted molar refractivity (Wildman–Crippen MR) is 182 cm³/mol. The van der Waals surface area contributed by atoms with Crippen molar-refractivity contribution in [1.29, 1.82) is 0 Å². The summed E-state index contributed by atoms with van der Waals surface area (Å²) >= 11 is 0. The Morgan fingerprint density at radius 1 is 0.622 bits per heavy atom. The number of Topliss-reactive ketones (excluding diaryl/α,β-unsaturated/α-hetero) is 1. The fraction of sp³-hybridized carbons (Fsp3) is 0.0256. The van der Waals surface area contributed by atoms with Crippen LogP contribution in [-0.2, 0) is 14.3 Å². The molecule has 45 heavy (non-hydrogen) atoms. The number of hydrogen-bond acceptors (Lipinski definition) is 4. The molecule has 0 N–H and O–H groups in total. The Morgan fingerprint density at radius 3 is 1.56 bits per heavy atom. The molecule has 0 saturated heterocycles. The van der Waals surface area contributed by atoms with Crippen molar-refractivity contribution in [2.24, 2.45) is 0 Å². The molecular formula is C39H28NO4P. The zero-order valence-corrected chi connectivity index (χ0v) is 25.4. The topological polar surface area (TPSA) is 63.7 Å². The third kappa shape index (κ3) is 4.44. The van der Waals surface area contributed by atoms with Crippen molar-refractivity contribution in [1.82, 2.24) is 0 Å². The average Bonchev–Trinajstić information content (AvgIpc) is 3.41. The number of esters is 1. The summed E-state index contributed by atoms with van der Waals surface area (Å²) in [5.74, 6) is -1.15. The Hall–Kier alpha value is -5.51. The molecule has 0 spiro atoms. The second kappa shape index (κ2) is 11.5. The summed E-state index contributed by atoms with van der Waals surface area (Å²) in [7, 11) is 1.32. The minimum Gasteiger partial charge on any atom is -0.466 e. The van der Waals surface area contributed by atoms with Gasteiger partial charge in [0.05, 0.1) is 12.4 Å². The van der Waals surface area contributed by atoms with Crippen LogP contribution in [0.25, 0.3) is 5.57 Å². The number of anilines is 1. The minimum absolute atomic E-state index is 0.238. The lowest BCUT2D eigenvalue weighted by atomic mass is 9.83. The standard InChI is InChI=1S/C39H28NO4P/c1-44-34(41)26-33-31-24-14-15-25-32(31)37(42)36-35(33)38(39(43)40(36)27-16-6-2-7-17-27)45(28-18-8-3-9-19-28,29-20-10-4-11-21-29)30-22-12-5-13-23-30/h2-26H,1H3/b33-26+. The number of ketones is 1. The number of fused-ring (bicyclic) bond motifs is 1. The van der Waals surface area contributed by atoms with Crippen LogP contribution in [0.4, 0.5) is 5.69 Å². The van der Waals surface area contributed by atoms with Gasteiger partial charge in [0.1, 0.15) is 5.70 Å². The molecule has 0 unspecified atom stereocenters. The van der Waals surface area contributed by atoms with Crippen molar-refractivity contribution < 1.29 is 19.1 Å². The molecule has 1 amide bonds. The molecule has 1 heterocycles. The van der Waals surface area contributed by atoms with Gasteiger partial charge in [-0.05, 0) is 46.1 Å². The van der Waals surface area contributed by atoms with Crippen molar-refractivity contribution in [2.75, 3.05) is 12.0 Å². The molecule has 7 rings (SSSR count). The highest BCUT2D eigenvalue weighted by Crippen LogP contribution is 2.54. The van der Waals surface area contributed by atoms with Crippen LogP contribution in [-0.4, -0.2) is 30.1 Å². The summed E-state index contributed by atoms with van der Waals surface area (Å²) in [5, 5.41) is 3.35. The van der Waals surface area contributed by atoms with Gasteiger partial charge in [-0.1, -0.05) is 133 Å². The van der Waals surface area contributed by atoms with Gasteiger partial charge in [-0.15, -0.1) is 0 Å². The molecule has 1 aliphatic heterocycles. The highest BCUT2D eigenvalue weighted by atomic mass is 31.2. The van der Waals surface area contributed by atoms with Gasteiger partial charge >= 0.3 is 5.97 Å². The molecule has 5 aromatic carbocycles. The van der Waals surface area contributed by atoms with E-state index in [0.29, 0.717) is 33.3 Å². The van der Waals surface area contributed by atoms with E-state index in [1.807, 2.05) is 97.1 Å². The van der Waals surface area contributed by atoms with Crippen molar-refractivity contribution in [2.45, 2.75) is 0 Å². The van der Waals surface area contributed by atoms with Crippen LogP contribution in [0.1, 0.15) is 15.9 Å². The number of nitrogens with zero attached hydrogens (tertiary/aromatic N) is 1. The van der Waals surface area contributed by atoms with Crippen LogP contribution in [0.3, 0.4) is 0 Å². The molecule has 0 fully saturated rings. The van der Waals surface area contributed by atoms with E-state index < -0.39 is 12.9 Å². The number of para-hydroxylation sites is 1. The van der Waals surface area contributed by atoms with Crippen LogP contribution in [0.5, 0.6) is 0 Å². The van der Waals surface area contributed by atoms with Gasteiger partial charge in [-0.25, -0.2) is 4.79 Å². The number of carbonyl (C=O) groups is 3. The zero-order chi connectivity index (χ0) is 31.0. The quantitative estimate of drug-likeness (QED) is 0.142. The van der Waals surface area contributed by atoms with E-state index in [0.717, 1.165) is 15.9 Å². The highest BCUT2D eigenvalue weighted by molar-refractivity contribution is 7.97. The van der Waals surface area contributed by atoms with Gasteiger partial charge in [0, 0.05) is 22.9 Å². The maximum atomic E-state index is 15.4. The first-order valence-corrected chi connectivity index (χ1v) is 16.4. The summed E-state index contributed by atoms with van der Waals surface area (Å²) < 4.78 is 5.13. The van der Waals surface area contributed by atoms with Gasteiger partial charge < -0.3 is 4.74 Å². The predicted octanol–water partition coefficient (Wildman–Crippen LogP) is 5.91. The number of carbonyl (C=O) groups excluding carboxylic acids is 3. The first kappa shape index (κ1) is 28.3. The summed E-state index contributed by atoms with van der Waals surface area (Å²) in [6.07, 6.45) is 1.41. The number of allylic oxidation sites excluding steroid dienone is 2. The second-order valence-corrected chi connectivity index (χ2v) is 14.0. The molecule has 0 aromatic heterocycles. The molecular weight excluding hydrogens is 577 g/mol. The van der Waals surface area contributed by atoms with Crippen molar-refractivity contribution in [3.63, 3.8) is 0 Å². The Balaban J connectivity index is 1.76. The molecule has 0 radical (unpaired) electrons. The monoisotopic (exact) mass is 605 g/mol. The van der Waals surface area contributed by atoms with Crippen molar-refractivity contribution in [3.05, 3.63) is 174 Å². The molecule has 0 atom stereocenters. The van der Waals surface area contributed by atoms with Crippen LogP contribution in [0.2, 0.25) is 0 Å². The average molecular weight is 606 g/mol. The summed E-state index contributed by atoms with van der Waals surface area (Å²) in [6, 6.07) is 46.5. The Bertz CT molecular complexity index is 1980. The summed E-state index contributed by atoms with van der Waals surface area (Å²) in [6.45, 7) is -3.01. The lowest BCUT2D eigenvalue weighted by Gasteiger charge is -2.32. The summed E-state index contributed by atoms with van der Waals surface area (Å²) in [4.78, 5) is 44.6. The number of ether oxygens (including phenoxy) is 1. The van der Waals surface area contributed by atoms with E-state index in [4.69, 9.17) is 4.74 Å². The van der Waals surface area contributed by atoms with Gasteiger partial charge in [0.25, 0.3) is 5.91 Å². The number of amides is 1. The molecule has 1 aliphatic carbocycles. The maximum absolute atomic E-state index is 15.4. The molecule has 2 aliphatic rings. The Morgan fingerprint density at radius 2 is 1.07 bits per heavy atom. The van der Waals surface area contributed by atoms with E-state index in [2.05, 4.69) is 36.4 Å². The van der Waals surface area contributed by atoms with Crippen LogP contribution < -0.4 is 20.8 Å². The van der Waals surface area contributed by atoms with E-state index in [1.54, 1.807) is 12.1 Å². The molecule has 5 nitrogen and oxygen atoms in total. The third-order valence-corrected chi connectivity index (χ3v) is 12.6. The van der Waals surface area contributed by atoms with Gasteiger partial charge in [0.2, 0.25) is 5.78 Å². The van der Waals surface area contributed by atoms with Crippen LogP contribution >= 0.6 is 6.89 Å². The molecule has 218 valence electrons. The summed E-state index contributed by atoms with van der Waals surface area (Å²) in [5.41, 5.74) is 2.76. The zero-order valence-electron chi connectivity index (χ0n) is 24.5. The Labute approximate surface area is 261 Å². The lowest BCUT2D eigenvalue weighted by Crippen LogP contribution is -2.37. The largest absolute Gasteiger partial charge is 0.466 e. The number of hydrogen-bond donors (Lipinski definition) is 0. The van der Waals surface area contributed by atoms with E-state index >= 15 is 4.79 Å². The molecule has 0 bridgehead atoms. The normalized spacial score (nSPS) is 15.3. The van der Waals surface area contributed by atoms with Gasteiger partial charge in [-0.3, -0.25) is 14.5 Å². The smallest absolute Gasteiger partial charge is 0.331 e. The lowest BCUT2D eigenvalue weighted by molar-refractivity contribution is -0.134. The first-order valence-electron chi connectivity index (χ1n) is 14.6. The van der Waals surface area contributed by atoms with Crippen molar-refractivity contribution in [3.8, 4) is 0 Å². The molecule has 0 saturated carbocycles. The first-order chi connectivity index (χ1) is 22.1. The third-order valence-electron chi connectivity index (χ3n) is 8.29. The van der Waals surface area contributed by atoms with Crippen LogP contribution in [0.15, 0.2) is 163 Å². The van der Waals surface area contributed by atoms with E-state index in [9.17, 15) is 9.59 Å². The van der Waals surface area contributed by atoms with Crippen molar-refractivity contribution >= 4 is 57.0 Å². The van der Waals surface area contributed by atoms with Gasteiger partial charge in [0.15, 0.2) is 0 Å². The van der Waals surface area contributed by atoms with Crippen LogP contribution in [0, 0.1) is 0 Å². The SMILES string of the molecule is COC(=O)/C=C1/C2=C(C(=O)c3ccccc31)N(c1ccccc1)C(=O)C2=P(c1ccccc1)(c1ccccc1)c1ccccc1. The Kier molecular flexibility index (Phi) is 7.25. The second-order valence-electron chi connectivity index (χ2n) is 10.7. The fourth-order valence-corrected chi connectivity index (χ4v) is 10.9. The number of rotatable bonds is 5. The fourth-order valence-electron chi connectivity index (χ4n) is 6.44. The number of benzene rings is 5. The molecule has 5 aromatic rings. The number of methoxy groups -OCH3 is 1.